The van der Waals surface area contributed by atoms with E-state index in [1.807, 2.05) is 44.6 Å². The Hall–Kier alpha value is -1.78. The highest BCUT2D eigenvalue weighted by atomic mass is 16.5. The number of hydrogen-bond acceptors (Lipinski definition) is 4. The van der Waals surface area contributed by atoms with Crippen molar-refractivity contribution < 1.29 is 9.53 Å². The average molecular weight is 274 g/mol. The lowest BCUT2D eigenvalue weighted by atomic mass is 9.90. The molecule has 1 aromatic carbocycles. The molecule has 0 aromatic heterocycles. The molecule has 4 nitrogen and oxygen atoms in total. The van der Waals surface area contributed by atoms with E-state index in [4.69, 9.17) is 4.74 Å². The van der Waals surface area contributed by atoms with Gasteiger partial charge in [0.2, 0.25) is 0 Å². The zero-order valence-electron chi connectivity index (χ0n) is 12.8. The van der Waals surface area contributed by atoms with E-state index in [1.165, 1.54) is 12.7 Å². The van der Waals surface area contributed by atoms with Gasteiger partial charge in [-0.2, -0.15) is 5.10 Å². The minimum absolute atomic E-state index is 0.282. The van der Waals surface area contributed by atoms with Gasteiger partial charge in [-0.05, 0) is 24.1 Å². The van der Waals surface area contributed by atoms with Crippen molar-refractivity contribution >= 4 is 20.0 Å². The highest BCUT2D eigenvalue weighted by Gasteiger charge is 2.11. The van der Waals surface area contributed by atoms with Gasteiger partial charge in [0.15, 0.2) is 0 Å². The Morgan fingerprint density at radius 3 is 2.55 bits per heavy atom. The maximum absolute atomic E-state index is 11.4. The average Bonchev–Trinajstić information content (AvgIpc) is 2.46. The molecule has 20 heavy (non-hydrogen) atoms. The van der Waals surface area contributed by atoms with Crippen LogP contribution in [-0.2, 0) is 4.74 Å². The second-order valence-electron chi connectivity index (χ2n) is 4.97. The van der Waals surface area contributed by atoms with Crippen molar-refractivity contribution in [1.29, 1.82) is 0 Å². The molecule has 0 heterocycles. The summed E-state index contributed by atoms with van der Waals surface area (Å²) in [6, 6.07) is 7.58. The summed E-state index contributed by atoms with van der Waals surface area (Å²) in [6.45, 7) is 0. The predicted octanol–water partition coefficient (Wildman–Crippen LogP) is 1.94. The Bertz CT molecular complexity index is 444. The minimum atomic E-state index is -0.302. The molecular weight excluding hydrogens is 251 g/mol. The van der Waals surface area contributed by atoms with Gasteiger partial charge in [0.1, 0.15) is 7.85 Å². The van der Waals surface area contributed by atoms with E-state index in [2.05, 4.69) is 12.9 Å². The van der Waals surface area contributed by atoms with Gasteiger partial charge in [-0.25, -0.2) is 4.79 Å². The van der Waals surface area contributed by atoms with Gasteiger partial charge in [-0.15, -0.1) is 0 Å². The fourth-order valence-electron chi connectivity index (χ4n) is 1.95. The summed E-state index contributed by atoms with van der Waals surface area (Å²) in [5.74, 6) is -0.0207. The van der Waals surface area contributed by atoms with Gasteiger partial charge in [-0.3, -0.25) is 0 Å². The number of rotatable bonds is 7. The van der Waals surface area contributed by atoms with Crippen LogP contribution in [0.5, 0.6) is 0 Å². The molecule has 0 aliphatic carbocycles. The molecule has 0 aliphatic heterocycles. The largest absolute Gasteiger partial charge is 0.465 e. The monoisotopic (exact) mass is 274 g/mol. The molecule has 0 saturated heterocycles. The Balaban J connectivity index is 2.87. The van der Waals surface area contributed by atoms with Crippen LogP contribution in [0, 0.1) is 0 Å². The molecule has 1 rings (SSSR count). The second kappa shape index (κ2) is 8.41. The third kappa shape index (κ3) is 5.07. The Morgan fingerprint density at radius 1 is 1.40 bits per heavy atom. The van der Waals surface area contributed by atoms with Crippen molar-refractivity contribution in [2.75, 3.05) is 21.2 Å². The molecule has 5 heteroatoms. The number of methoxy groups -OCH3 is 1. The highest BCUT2D eigenvalue weighted by Crippen LogP contribution is 2.21. The summed E-state index contributed by atoms with van der Waals surface area (Å²) in [5.41, 5.74) is 1.76. The lowest BCUT2D eigenvalue weighted by molar-refractivity contribution is 0.0600. The van der Waals surface area contributed by atoms with Crippen molar-refractivity contribution in [3.05, 3.63) is 35.4 Å². The fraction of sp³-hybridized carbons (Fsp3) is 0.467. The number of nitrogens with zero attached hydrogens (tertiary/aromatic N) is 2. The predicted molar refractivity (Wildman–Crippen MR) is 85.3 cm³/mol. The molecule has 1 unspecified atom stereocenters. The molecular formula is C15H23BN2O2. The van der Waals surface area contributed by atoms with Gasteiger partial charge in [-0.1, -0.05) is 24.9 Å². The molecule has 0 amide bonds. The molecule has 0 saturated carbocycles. The van der Waals surface area contributed by atoms with Crippen LogP contribution >= 0.6 is 0 Å². The fourth-order valence-corrected chi connectivity index (χ4v) is 1.95. The van der Waals surface area contributed by atoms with E-state index in [0.29, 0.717) is 5.56 Å². The zero-order valence-corrected chi connectivity index (χ0v) is 12.8. The number of hydrazone groups is 1. The molecule has 0 bridgehead atoms. The molecule has 0 spiro atoms. The lowest BCUT2D eigenvalue weighted by Crippen LogP contribution is -2.08. The molecule has 0 fully saturated rings. The van der Waals surface area contributed by atoms with Crippen LogP contribution in [0.1, 0.15) is 34.7 Å². The standard InChI is InChI=1S/C15H23BN2O2/c1-18(2)17-11-14(5-4-10-16)12-6-8-13(9-7-12)15(19)20-3/h6-9,11,14H,4-5,10,16H2,1-3H3/b17-11+. The smallest absolute Gasteiger partial charge is 0.337 e. The summed E-state index contributed by atoms with van der Waals surface area (Å²) >= 11 is 0. The number of benzene rings is 1. The number of carbonyl (C=O) groups excluding carboxylic acids is 1. The summed E-state index contributed by atoms with van der Waals surface area (Å²) in [4.78, 5) is 11.4. The van der Waals surface area contributed by atoms with Gasteiger partial charge in [0, 0.05) is 26.2 Å². The van der Waals surface area contributed by atoms with E-state index in [9.17, 15) is 4.79 Å². The Kier molecular flexibility index (Phi) is 6.84. The summed E-state index contributed by atoms with van der Waals surface area (Å²) < 4.78 is 4.71. The SMILES string of the molecule is BCCCC(/C=N/N(C)C)c1ccc(C(=O)OC)cc1. The van der Waals surface area contributed by atoms with Crippen LogP contribution in [0.25, 0.3) is 0 Å². The lowest BCUT2D eigenvalue weighted by Gasteiger charge is -2.14. The number of hydrogen-bond donors (Lipinski definition) is 0. The van der Waals surface area contributed by atoms with Crippen LogP contribution in [0.3, 0.4) is 0 Å². The van der Waals surface area contributed by atoms with E-state index < -0.39 is 0 Å². The minimum Gasteiger partial charge on any atom is -0.465 e. The van der Waals surface area contributed by atoms with Gasteiger partial charge in [0.25, 0.3) is 0 Å². The first kappa shape index (κ1) is 16.3. The normalized spacial score (nSPS) is 12.3. The zero-order chi connectivity index (χ0) is 15.0. The number of esters is 1. The second-order valence-corrected chi connectivity index (χ2v) is 4.97. The first-order chi connectivity index (χ1) is 9.58. The van der Waals surface area contributed by atoms with Crippen LogP contribution in [-0.4, -0.2) is 46.2 Å². The molecule has 1 aromatic rings. The van der Waals surface area contributed by atoms with Crippen molar-refractivity contribution in [3.63, 3.8) is 0 Å². The molecule has 0 radical (unpaired) electrons. The quantitative estimate of drug-likeness (QED) is 0.330. The van der Waals surface area contributed by atoms with Crippen LogP contribution in [0.15, 0.2) is 29.4 Å². The van der Waals surface area contributed by atoms with Crippen molar-refractivity contribution in [3.8, 4) is 0 Å². The highest BCUT2D eigenvalue weighted by molar-refractivity contribution is 6.08. The van der Waals surface area contributed by atoms with Crippen LogP contribution in [0.4, 0.5) is 0 Å². The topological polar surface area (TPSA) is 41.9 Å². The Morgan fingerprint density at radius 2 is 2.05 bits per heavy atom. The maximum Gasteiger partial charge on any atom is 0.337 e. The third-order valence-electron chi connectivity index (χ3n) is 3.11. The third-order valence-corrected chi connectivity index (χ3v) is 3.11. The molecule has 0 aliphatic rings. The van der Waals surface area contributed by atoms with Gasteiger partial charge >= 0.3 is 5.97 Å². The first-order valence-electron chi connectivity index (χ1n) is 6.98. The van der Waals surface area contributed by atoms with Crippen molar-refractivity contribution in [1.82, 2.24) is 5.01 Å². The molecule has 1 atom stereocenters. The maximum atomic E-state index is 11.4. The number of ether oxygens (including phenoxy) is 1. The van der Waals surface area contributed by atoms with Gasteiger partial charge in [0.05, 0.1) is 12.7 Å². The summed E-state index contributed by atoms with van der Waals surface area (Å²) in [6.07, 6.45) is 5.35. The molecule has 0 N–H and O–H groups in total. The van der Waals surface area contributed by atoms with Crippen molar-refractivity contribution in [2.24, 2.45) is 5.10 Å². The van der Waals surface area contributed by atoms with Crippen LogP contribution < -0.4 is 0 Å². The van der Waals surface area contributed by atoms with Gasteiger partial charge < -0.3 is 9.75 Å². The molecule has 108 valence electrons. The number of carbonyl (C=O) groups is 1. The Labute approximate surface area is 122 Å². The van der Waals surface area contributed by atoms with Crippen LogP contribution in [0.2, 0.25) is 6.32 Å². The van der Waals surface area contributed by atoms with E-state index in [0.717, 1.165) is 19.2 Å². The van der Waals surface area contributed by atoms with E-state index in [-0.39, 0.29) is 11.9 Å². The first-order valence-corrected chi connectivity index (χ1v) is 6.98. The summed E-state index contributed by atoms with van der Waals surface area (Å²) in [7, 11) is 7.39. The van der Waals surface area contributed by atoms with E-state index in [1.54, 1.807) is 5.01 Å². The summed E-state index contributed by atoms with van der Waals surface area (Å²) in [5, 5.41) is 6.14. The van der Waals surface area contributed by atoms with E-state index >= 15 is 0 Å². The van der Waals surface area contributed by atoms with Crippen molar-refractivity contribution in [2.45, 2.75) is 25.1 Å².